The number of benzene rings is 2. The Balaban J connectivity index is 1.43. The van der Waals surface area contributed by atoms with Gasteiger partial charge in [0.2, 0.25) is 0 Å². The summed E-state index contributed by atoms with van der Waals surface area (Å²) in [5.41, 5.74) is 2.36. The maximum atomic E-state index is 5.86. The van der Waals surface area contributed by atoms with Gasteiger partial charge in [-0.3, -0.25) is 4.90 Å². The van der Waals surface area contributed by atoms with Crippen molar-refractivity contribution in [2.45, 2.75) is 31.5 Å². The van der Waals surface area contributed by atoms with Gasteiger partial charge >= 0.3 is 0 Å². The molecule has 0 spiro atoms. The van der Waals surface area contributed by atoms with Crippen LogP contribution in [0, 0.1) is 0 Å². The van der Waals surface area contributed by atoms with Crippen LogP contribution in [-0.4, -0.2) is 71.1 Å². The van der Waals surface area contributed by atoms with Gasteiger partial charge in [0.25, 0.3) is 0 Å². The monoisotopic (exact) mass is 434 g/mol. The molecule has 3 aromatic rings. The number of anilines is 1. The number of piperazine rings is 1. The van der Waals surface area contributed by atoms with Gasteiger partial charge in [0.1, 0.15) is 11.8 Å². The molecule has 168 valence electrons. The number of methoxy groups -OCH3 is 1. The Kier molecular flexibility index (Phi) is 6.31. The summed E-state index contributed by atoms with van der Waals surface area (Å²) in [4.78, 5) is 4.90. The van der Waals surface area contributed by atoms with E-state index >= 15 is 0 Å². The third kappa shape index (κ3) is 4.33. The smallest absolute Gasteiger partial charge is 0.173 e. The van der Waals surface area contributed by atoms with Crippen molar-refractivity contribution in [3.05, 3.63) is 66.0 Å². The molecule has 2 fully saturated rings. The van der Waals surface area contributed by atoms with Crippen LogP contribution in [0.2, 0.25) is 0 Å². The van der Waals surface area contributed by atoms with Crippen LogP contribution < -0.4 is 9.64 Å². The lowest BCUT2D eigenvalue weighted by atomic mass is 10.0. The van der Waals surface area contributed by atoms with Gasteiger partial charge in [-0.2, -0.15) is 0 Å². The van der Waals surface area contributed by atoms with Gasteiger partial charge in [0, 0.05) is 44.0 Å². The molecule has 8 heteroatoms. The fourth-order valence-corrected chi connectivity index (χ4v) is 4.79. The molecule has 0 amide bonds. The highest BCUT2D eigenvalue weighted by Gasteiger charge is 2.33. The average molecular weight is 435 g/mol. The first-order valence-electron chi connectivity index (χ1n) is 11.4. The van der Waals surface area contributed by atoms with Gasteiger partial charge < -0.3 is 14.4 Å². The summed E-state index contributed by atoms with van der Waals surface area (Å²) in [5.74, 6) is 1.70. The van der Waals surface area contributed by atoms with Crippen molar-refractivity contribution in [3.63, 3.8) is 0 Å². The van der Waals surface area contributed by atoms with Crippen molar-refractivity contribution >= 4 is 5.69 Å². The van der Waals surface area contributed by atoms with Crippen molar-refractivity contribution in [3.8, 4) is 5.75 Å². The van der Waals surface area contributed by atoms with E-state index in [-0.39, 0.29) is 12.1 Å². The van der Waals surface area contributed by atoms with Crippen molar-refractivity contribution in [1.29, 1.82) is 0 Å². The lowest BCUT2D eigenvalue weighted by Crippen LogP contribution is -2.48. The predicted molar refractivity (Wildman–Crippen MR) is 122 cm³/mol. The average Bonchev–Trinajstić information content (AvgIpc) is 3.54. The number of rotatable bonds is 7. The number of aromatic nitrogens is 4. The molecule has 3 heterocycles. The van der Waals surface area contributed by atoms with E-state index < -0.39 is 0 Å². The Hall–Kier alpha value is -2.97. The molecule has 0 unspecified atom stereocenters. The minimum Gasteiger partial charge on any atom is -0.496 e. The van der Waals surface area contributed by atoms with E-state index in [2.05, 4.69) is 67.8 Å². The predicted octanol–water partition coefficient (Wildman–Crippen LogP) is 2.77. The van der Waals surface area contributed by atoms with Crippen LogP contribution in [0.1, 0.15) is 30.3 Å². The number of para-hydroxylation sites is 2. The molecule has 0 saturated carbocycles. The van der Waals surface area contributed by atoms with Crippen LogP contribution in [0.5, 0.6) is 5.75 Å². The first-order valence-corrected chi connectivity index (χ1v) is 11.4. The van der Waals surface area contributed by atoms with E-state index in [1.807, 2.05) is 16.8 Å². The van der Waals surface area contributed by atoms with E-state index in [4.69, 9.17) is 9.47 Å². The zero-order valence-corrected chi connectivity index (χ0v) is 18.5. The maximum absolute atomic E-state index is 5.86. The summed E-state index contributed by atoms with van der Waals surface area (Å²) < 4.78 is 13.5. The van der Waals surface area contributed by atoms with Crippen LogP contribution in [0.4, 0.5) is 5.69 Å². The maximum Gasteiger partial charge on any atom is 0.173 e. The van der Waals surface area contributed by atoms with E-state index in [1.54, 1.807) is 7.11 Å². The molecular formula is C24H30N6O2. The van der Waals surface area contributed by atoms with Gasteiger partial charge in [0.05, 0.1) is 19.8 Å². The van der Waals surface area contributed by atoms with Gasteiger partial charge in [-0.15, -0.1) is 5.10 Å². The second-order valence-electron chi connectivity index (χ2n) is 8.36. The molecule has 0 N–H and O–H groups in total. The highest BCUT2D eigenvalue weighted by atomic mass is 16.5. The zero-order valence-electron chi connectivity index (χ0n) is 18.5. The molecular weight excluding hydrogens is 404 g/mol. The summed E-state index contributed by atoms with van der Waals surface area (Å²) >= 11 is 0. The number of nitrogens with zero attached hydrogens (tertiary/aromatic N) is 6. The molecule has 0 bridgehead atoms. The molecule has 0 radical (unpaired) electrons. The molecule has 32 heavy (non-hydrogen) atoms. The largest absolute Gasteiger partial charge is 0.496 e. The Morgan fingerprint density at radius 1 is 1.03 bits per heavy atom. The minimum atomic E-state index is -0.0829. The van der Waals surface area contributed by atoms with Crippen LogP contribution in [-0.2, 0) is 11.3 Å². The van der Waals surface area contributed by atoms with Crippen molar-refractivity contribution < 1.29 is 9.47 Å². The third-order valence-electron chi connectivity index (χ3n) is 6.44. The SMILES string of the molecule is COc1ccccc1[C@H](c1nnnn1C[C@@H]1CCCO1)N1CCN(c2ccccc2)CC1. The lowest BCUT2D eigenvalue weighted by Gasteiger charge is -2.40. The fraction of sp³-hybridized carbons (Fsp3) is 0.458. The summed E-state index contributed by atoms with van der Waals surface area (Å²) in [7, 11) is 1.72. The van der Waals surface area contributed by atoms with E-state index in [1.165, 1.54) is 5.69 Å². The number of ether oxygens (including phenoxy) is 2. The fourth-order valence-electron chi connectivity index (χ4n) is 4.79. The molecule has 8 nitrogen and oxygen atoms in total. The summed E-state index contributed by atoms with van der Waals surface area (Å²) in [6.45, 7) is 5.21. The zero-order chi connectivity index (χ0) is 21.8. The number of hydrogen-bond acceptors (Lipinski definition) is 7. The molecule has 0 aliphatic carbocycles. The Labute approximate surface area is 188 Å². The normalized spacial score (nSPS) is 20.4. The van der Waals surface area contributed by atoms with E-state index in [9.17, 15) is 0 Å². The second-order valence-corrected chi connectivity index (χ2v) is 8.36. The van der Waals surface area contributed by atoms with Crippen LogP contribution in [0.25, 0.3) is 0 Å². The summed E-state index contributed by atoms with van der Waals surface area (Å²) in [6.07, 6.45) is 2.32. The first kappa shape index (κ1) is 20.9. The standard InChI is InChI=1S/C24H30N6O2/c1-31-22-12-6-5-11-21(22)23(24-25-26-27-30(24)18-20-10-7-17-32-20)29-15-13-28(14-16-29)19-8-3-2-4-9-19/h2-6,8-9,11-12,20,23H,7,10,13-18H2,1H3/t20-,23+/m0/s1. The summed E-state index contributed by atoms with van der Waals surface area (Å²) in [6, 6.07) is 18.7. The third-order valence-corrected chi connectivity index (χ3v) is 6.44. The summed E-state index contributed by atoms with van der Waals surface area (Å²) in [5, 5.41) is 12.9. The molecule has 5 rings (SSSR count). The highest BCUT2D eigenvalue weighted by Crippen LogP contribution is 2.35. The van der Waals surface area contributed by atoms with E-state index in [0.29, 0.717) is 6.54 Å². The van der Waals surface area contributed by atoms with Crippen molar-refractivity contribution in [1.82, 2.24) is 25.1 Å². The Morgan fingerprint density at radius 2 is 1.81 bits per heavy atom. The van der Waals surface area contributed by atoms with Crippen LogP contribution in [0.15, 0.2) is 54.6 Å². The molecule has 2 aromatic carbocycles. The quantitative estimate of drug-likeness (QED) is 0.566. The second kappa shape index (κ2) is 9.67. The number of tetrazole rings is 1. The van der Waals surface area contributed by atoms with Gasteiger partial charge in [-0.1, -0.05) is 36.4 Å². The molecule has 2 aliphatic rings. The molecule has 2 saturated heterocycles. The van der Waals surface area contributed by atoms with Gasteiger partial charge in [-0.25, -0.2) is 4.68 Å². The van der Waals surface area contributed by atoms with Crippen LogP contribution in [0.3, 0.4) is 0 Å². The minimum absolute atomic E-state index is 0.0829. The lowest BCUT2D eigenvalue weighted by molar-refractivity contribution is 0.0906. The molecule has 2 atom stereocenters. The highest BCUT2D eigenvalue weighted by molar-refractivity contribution is 5.46. The topological polar surface area (TPSA) is 68.5 Å². The van der Waals surface area contributed by atoms with Crippen LogP contribution >= 0.6 is 0 Å². The van der Waals surface area contributed by atoms with Crippen molar-refractivity contribution in [2.24, 2.45) is 0 Å². The Morgan fingerprint density at radius 3 is 2.56 bits per heavy atom. The van der Waals surface area contributed by atoms with Crippen molar-refractivity contribution in [2.75, 3.05) is 44.8 Å². The van der Waals surface area contributed by atoms with Gasteiger partial charge in [0.15, 0.2) is 5.82 Å². The molecule has 1 aromatic heterocycles. The Bertz CT molecular complexity index is 996. The van der Waals surface area contributed by atoms with E-state index in [0.717, 1.165) is 62.8 Å². The first-order chi connectivity index (χ1) is 15.8. The van der Waals surface area contributed by atoms with Gasteiger partial charge in [-0.05, 0) is 41.5 Å². The molecule has 2 aliphatic heterocycles. The number of hydrogen-bond donors (Lipinski definition) is 0.